The molecular weight excluding hydrogens is 102 g/mol. The molecule has 0 rings (SSSR count). The zero-order chi connectivity index (χ0) is 6.57. The van der Waals surface area contributed by atoms with Crippen molar-refractivity contribution in [2.24, 2.45) is 0 Å². The molecule has 1 N–H and O–H groups in total. The molecule has 0 spiro atoms. The summed E-state index contributed by atoms with van der Waals surface area (Å²) in [6.45, 7) is 5.83. The predicted molar refractivity (Wildman–Crippen MR) is 33.0 cm³/mol. The zero-order valence-electron chi connectivity index (χ0n) is 5.77. The highest BCUT2D eigenvalue weighted by Gasteiger charge is 2.01. The van der Waals surface area contributed by atoms with Gasteiger partial charge >= 0.3 is 0 Å². The van der Waals surface area contributed by atoms with Crippen molar-refractivity contribution < 1.29 is 5.11 Å². The van der Waals surface area contributed by atoms with Gasteiger partial charge in [-0.25, -0.2) is 5.11 Å². The van der Waals surface area contributed by atoms with E-state index in [0.717, 1.165) is 0 Å². The summed E-state index contributed by atoms with van der Waals surface area (Å²) in [7, 11) is 0. The number of rotatable bonds is 3. The molecule has 0 aromatic heterocycles. The Hall–Kier alpha value is -0.0800. The Kier molecular flexibility index (Phi) is 3.83. The molecule has 0 aromatic rings. The van der Waals surface area contributed by atoms with Crippen molar-refractivity contribution in [1.82, 2.24) is 5.32 Å². The lowest BCUT2D eigenvalue weighted by molar-refractivity contribution is 0.0488. The summed E-state index contributed by atoms with van der Waals surface area (Å²) in [6.07, 6.45) is 0.0908. The summed E-state index contributed by atoms with van der Waals surface area (Å²) in [5.41, 5.74) is 0. The molecule has 0 aliphatic heterocycles. The second-order valence-corrected chi connectivity index (χ2v) is 2.22. The maximum Gasteiger partial charge on any atom is 0.143 e. The van der Waals surface area contributed by atoms with Crippen LogP contribution in [0.3, 0.4) is 0 Å². The van der Waals surface area contributed by atoms with Crippen LogP contribution in [0.2, 0.25) is 0 Å². The van der Waals surface area contributed by atoms with E-state index in [1.54, 1.807) is 0 Å². The molecule has 2 heteroatoms. The Morgan fingerprint density at radius 1 is 1.50 bits per heavy atom. The van der Waals surface area contributed by atoms with Crippen molar-refractivity contribution in [3.63, 3.8) is 0 Å². The first-order valence-electron chi connectivity index (χ1n) is 3.08. The SMILES string of the molecule is CCC([O])NC(C)C. The largest absolute Gasteiger partial charge is 0.287 e. The van der Waals surface area contributed by atoms with Crippen molar-refractivity contribution in [1.29, 1.82) is 0 Å². The predicted octanol–water partition coefficient (Wildman–Crippen LogP) is 1.15. The van der Waals surface area contributed by atoms with Gasteiger partial charge in [0.2, 0.25) is 0 Å². The van der Waals surface area contributed by atoms with Gasteiger partial charge in [-0.2, -0.15) is 0 Å². The van der Waals surface area contributed by atoms with Crippen molar-refractivity contribution >= 4 is 0 Å². The van der Waals surface area contributed by atoms with Crippen LogP contribution in [0.15, 0.2) is 0 Å². The molecule has 0 fully saturated rings. The van der Waals surface area contributed by atoms with Gasteiger partial charge in [0, 0.05) is 6.04 Å². The quantitative estimate of drug-likeness (QED) is 0.551. The Bertz CT molecular complexity index is 54.5. The van der Waals surface area contributed by atoms with Crippen LogP contribution in [0.4, 0.5) is 0 Å². The van der Waals surface area contributed by atoms with Gasteiger partial charge in [-0.1, -0.05) is 6.92 Å². The van der Waals surface area contributed by atoms with Crippen LogP contribution in [0.5, 0.6) is 0 Å². The van der Waals surface area contributed by atoms with E-state index in [2.05, 4.69) is 5.32 Å². The van der Waals surface area contributed by atoms with E-state index >= 15 is 0 Å². The van der Waals surface area contributed by atoms with E-state index in [-0.39, 0.29) is 0 Å². The molecule has 49 valence electrons. The van der Waals surface area contributed by atoms with Crippen molar-refractivity contribution in [2.75, 3.05) is 0 Å². The summed E-state index contributed by atoms with van der Waals surface area (Å²) in [5.74, 6) is 0. The highest BCUT2D eigenvalue weighted by atomic mass is 16.3. The lowest BCUT2D eigenvalue weighted by Gasteiger charge is -2.10. The molecule has 0 aliphatic rings. The van der Waals surface area contributed by atoms with Gasteiger partial charge in [0.15, 0.2) is 0 Å². The number of nitrogens with one attached hydrogen (secondary N) is 1. The van der Waals surface area contributed by atoms with Crippen LogP contribution in [-0.4, -0.2) is 12.3 Å². The van der Waals surface area contributed by atoms with E-state index in [0.29, 0.717) is 12.5 Å². The molecule has 0 saturated carbocycles. The Labute approximate surface area is 50.9 Å². The second-order valence-electron chi connectivity index (χ2n) is 2.22. The molecule has 1 unspecified atom stereocenters. The third-order valence-electron chi connectivity index (χ3n) is 0.890. The van der Waals surface area contributed by atoms with Gasteiger partial charge < -0.3 is 0 Å². The van der Waals surface area contributed by atoms with Gasteiger partial charge in [-0.05, 0) is 20.3 Å². The fraction of sp³-hybridized carbons (Fsp3) is 1.00. The molecule has 1 radical (unpaired) electrons. The molecule has 0 heterocycles. The van der Waals surface area contributed by atoms with Gasteiger partial charge in [0.25, 0.3) is 0 Å². The second kappa shape index (κ2) is 3.87. The number of hydrogen-bond donors (Lipinski definition) is 1. The normalized spacial score (nSPS) is 14.6. The highest BCUT2D eigenvalue weighted by Crippen LogP contribution is 1.87. The van der Waals surface area contributed by atoms with Crippen molar-refractivity contribution in [2.45, 2.75) is 39.5 Å². The molecule has 0 amide bonds. The minimum absolute atomic E-state index is 0.317. The summed E-state index contributed by atoms with van der Waals surface area (Å²) in [4.78, 5) is 0. The maximum absolute atomic E-state index is 10.6. The van der Waals surface area contributed by atoms with E-state index in [9.17, 15) is 5.11 Å². The van der Waals surface area contributed by atoms with Crippen LogP contribution in [0.1, 0.15) is 27.2 Å². The van der Waals surface area contributed by atoms with E-state index in [1.165, 1.54) is 0 Å². The van der Waals surface area contributed by atoms with Crippen LogP contribution in [0.25, 0.3) is 0 Å². The average molecular weight is 116 g/mol. The van der Waals surface area contributed by atoms with Gasteiger partial charge in [0.1, 0.15) is 6.23 Å². The topological polar surface area (TPSA) is 31.9 Å². The van der Waals surface area contributed by atoms with Gasteiger partial charge in [-0.15, -0.1) is 0 Å². The smallest absolute Gasteiger partial charge is 0.143 e. The molecule has 0 aromatic carbocycles. The zero-order valence-corrected chi connectivity index (χ0v) is 5.77. The highest BCUT2D eigenvalue weighted by molar-refractivity contribution is 4.53. The van der Waals surface area contributed by atoms with Crippen LogP contribution in [-0.2, 0) is 5.11 Å². The molecule has 0 saturated heterocycles. The Morgan fingerprint density at radius 2 is 2.00 bits per heavy atom. The van der Waals surface area contributed by atoms with Gasteiger partial charge in [-0.3, -0.25) is 5.32 Å². The fourth-order valence-electron chi connectivity index (χ4n) is 0.490. The number of hydrogen-bond acceptors (Lipinski definition) is 1. The molecular formula is C6H14NO. The molecule has 0 bridgehead atoms. The van der Waals surface area contributed by atoms with Crippen LogP contribution < -0.4 is 5.32 Å². The minimum Gasteiger partial charge on any atom is -0.287 e. The monoisotopic (exact) mass is 116 g/mol. The minimum atomic E-state index is -0.574. The first kappa shape index (κ1) is 7.92. The first-order chi connectivity index (χ1) is 3.66. The first-order valence-corrected chi connectivity index (χ1v) is 3.08. The molecule has 2 nitrogen and oxygen atoms in total. The molecule has 8 heavy (non-hydrogen) atoms. The van der Waals surface area contributed by atoms with Gasteiger partial charge in [0.05, 0.1) is 0 Å². The van der Waals surface area contributed by atoms with Crippen LogP contribution in [0, 0.1) is 0 Å². The third-order valence-corrected chi connectivity index (χ3v) is 0.890. The van der Waals surface area contributed by atoms with E-state index < -0.39 is 6.23 Å². The lowest BCUT2D eigenvalue weighted by Crippen LogP contribution is -2.32. The standard InChI is InChI=1S/C6H14NO/c1-4-6(8)7-5(2)3/h5-7H,4H2,1-3H3. The van der Waals surface area contributed by atoms with Crippen molar-refractivity contribution in [3.8, 4) is 0 Å². The van der Waals surface area contributed by atoms with E-state index in [4.69, 9.17) is 0 Å². The fourth-order valence-corrected chi connectivity index (χ4v) is 0.490. The van der Waals surface area contributed by atoms with Crippen LogP contribution >= 0.6 is 0 Å². The average Bonchev–Trinajstić information content (AvgIpc) is 1.65. The summed E-state index contributed by atoms with van der Waals surface area (Å²) in [6, 6.07) is 0.317. The maximum atomic E-state index is 10.6. The lowest BCUT2D eigenvalue weighted by atomic mass is 10.3. The van der Waals surface area contributed by atoms with Crippen molar-refractivity contribution in [3.05, 3.63) is 0 Å². The van der Waals surface area contributed by atoms with E-state index in [1.807, 2.05) is 20.8 Å². The third kappa shape index (κ3) is 4.09. The Morgan fingerprint density at radius 3 is 2.12 bits per heavy atom. The molecule has 1 atom stereocenters. The summed E-state index contributed by atoms with van der Waals surface area (Å²) >= 11 is 0. The summed E-state index contributed by atoms with van der Waals surface area (Å²) in [5, 5.41) is 13.4. The Balaban J connectivity index is 3.10. The summed E-state index contributed by atoms with van der Waals surface area (Å²) < 4.78 is 0. The molecule has 0 aliphatic carbocycles.